The summed E-state index contributed by atoms with van der Waals surface area (Å²) in [6.07, 6.45) is 10.8. The number of hydrogen-bond acceptors (Lipinski definition) is 4. The van der Waals surface area contributed by atoms with Crippen molar-refractivity contribution in [3.63, 3.8) is 0 Å². The number of carbonyl (C=O) groups excluding carboxylic acids is 2. The third kappa shape index (κ3) is 2.82. The first-order chi connectivity index (χ1) is 12.9. The highest BCUT2D eigenvalue weighted by molar-refractivity contribution is 5.91. The summed E-state index contributed by atoms with van der Waals surface area (Å²) in [5, 5.41) is 0. The molecule has 5 rings (SSSR count). The molecule has 27 heavy (non-hydrogen) atoms. The molecule has 1 saturated heterocycles. The highest BCUT2D eigenvalue weighted by Gasteiger charge is 2.60. The largest absolute Gasteiger partial charge is 0.461 e. The van der Waals surface area contributed by atoms with Crippen molar-refractivity contribution >= 4 is 11.8 Å². The summed E-state index contributed by atoms with van der Waals surface area (Å²) in [4.78, 5) is 26.4. The van der Waals surface area contributed by atoms with Crippen molar-refractivity contribution in [1.29, 1.82) is 0 Å². The van der Waals surface area contributed by atoms with Gasteiger partial charge in [-0.15, -0.1) is 0 Å². The van der Waals surface area contributed by atoms with Gasteiger partial charge in [-0.1, -0.05) is 19.4 Å². The fourth-order valence-corrected chi connectivity index (χ4v) is 7.31. The second-order valence-corrected chi connectivity index (χ2v) is 10.3. The van der Waals surface area contributed by atoms with E-state index < -0.39 is 0 Å². The van der Waals surface area contributed by atoms with E-state index in [1.165, 1.54) is 24.8 Å². The highest BCUT2D eigenvalue weighted by atomic mass is 16.5. The molecule has 4 fully saturated rings. The second kappa shape index (κ2) is 6.17. The molecule has 0 amide bonds. The van der Waals surface area contributed by atoms with E-state index in [2.05, 4.69) is 18.7 Å². The van der Waals surface area contributed by atoms with Crippen LogP contribution in [-0.4, -0.2) is 42.4 Å². The van der Waals surface area contributed by atoms with Crippen molar-refractivity contribution in [2.45, 2.75) is 71.3 Å². The van der Waals surface area contributed by atoms with Gasteiger partial charge in [-0.25, -0.2) is 0 Å². The molecule has 0 aromatic heterocycles. The zero-order chi connectivity index (χ0) is 18.8. The summed E-state index contributed by atoms with van der Waals surface area (Å²) in [5.74, 6) is 2.42. The molecule has 0 spiro atoms. The Kier molecular flexibility index (Phi) is 4.09. The number of rotatable bonds is 3. The van der Waals surface area contributed by atoms with E-state index >= 15 is 0 Å². The van der Waals surface area contributed by atoms with Crippen LogP contribution < -0.4 is 0 Å². The van der Waals surface area contributed by atoms with Gasteiger partial charge in [0.05, 0.1) is 6.54 Å². The quantitative estimate of drug-likeness (QED) is 0.560. The van der Waals surface area contributed by atoms with Crippen LogP contribution in [0, 0.1) is 28.6 Å². The molecule has 6 atom stereocenters. The van der Waals surface area contributed by atoms with E-state index in [1.807, 2.05) is 6.08 Å². The number of allylic oxidation sites excluding steroid dienone is 1. The fourth-order valence-electron chi connectivity index (χ4n) is 7.31. The minimum atomic E-state index is -0.0203. The Morgan fingerprint density at radius 2 is 1.93 bits per heavy atom. The van der Waals surface area contributed by atoms with Crippen molar-refractivity contribution in [2.75, 3.05) is 19.6 Å². The maximum atomic E-state index is 12.3. The topological polar surface area (TPSA) is 46.4 Å². The number of ketones is 1. The third-order valence-corrected chi connectivity index (χ3v) is 9.04. The molecular weight excluding hydrogens is 338 g/mol. The smallest absolute Gasteiger partial charge is 0.320 e. The van der Waals surface area contributed by atoms with Crippen LogP contribution in [-0.2, 0) is 14.3 Å². The first-order valence-corrected chi connectivity index (χ1v) is 11.1. The number of carbonyl (C=O) groups is 2. The molecule has 4 heteroatoms. The van der Waals surface area contributed by atoms with Gasteiger partial charge >= 0.3 is 5.97 Å². The van der Waals surface area contributed by atoms with E-state index in [-0.39, 0.29) is 22.9 Å². The van der Waals surface area contributed by atoms with E-state index in [9.17, 15) is 9.59 Å². The van der Waals surface area contributed by atoms with Gasteiger partial charge in [0, 0.05) is 24.9 Å². The minimum absolute atomic E-state index is 0.0203. The van der Waals surface area contributed by atoms with Gasteiger partial charge in [0.2, 0.25) is 0 Å². The molecule has 1 aliphatic heterocycles. The van der Waals surface area contributed by atoms with Gasteiger partial charge < -0.3 is 4.74 Å². The molecule has 0 aromatic carbocycles. The van der Waals surface area contributed by atoms with Crippen LogP contribution in [0.25, 0.3) is 0 Å². The lowest BCUT2D eigenvalue weighted by molar-refractivity contribution is -0.159. The van der Waals surface area contributed by atoms with E-state index in [0.29, 0.717) is 24.2 Å². The Hall–Kier alpha value is -1.16. The fraction of sp³-hybridized carbons (Fsp3) is 0.826. The van der Waals surface area contributed by atoms with Crippen molar-refractivity contribution in [1.82, 2.24) is 4.90 Å². The Bertz CT molecular complexity index is 696. The normalized spacial score (nSPS) is 46.1. The van der Waals surface area contributed by atoms with Gasteiger partial charge in [0.1, 0.15) is 6.10 Å². The molecule has 0 N–H and O–H groups in total. The van der Waals surface area contributed by atoms with Gasteiger partial charge in [0.25, 0.3) is 0 Å². The summed E-state index contributed by atoms with van der Waals surface area (Å²) in [7, 11) is 0. The molecule has 1 heterocycles. The molecule has 3 saturated carbocycles. The first kappa shape index (κ1) is 17.9. The average molecular weight is 372 g/mol. The van der Waals surface area contributed by atoms with Crippen LogP contribution in [0.15, 0.2) is 11.6 Å². The number of fused-ring (bicyclic) bond motifs is 5. The summed E-state index contributed by atoms with van der Waals surface area (Å²) in [6, 6.07) is 0. The molecule has 0 bridgehead atoms. The minimum Gasteiger partial charge on any atom is -0.461 e. The summed E-state index contributed by atoms with van der Waals surface area (Å²) in [5.41, 5.74) is 1.81. The molecular formula is C23H33NO3. The predicted molar refractivity (Wildman–Crippen MR) is 103 cm³/mol. The third-order valence-electron chi connectivity index (χ3n) is 9.04. The Balaban J connectivity index is 1.34. The Morgan fingerprint density at radius 3 is 2.70 bits per heavy atom. The monoisotopic (exact) mass is 371 g/mol. The summed E-state index contributed by atoms with van der Waals surface area (Å²) in [6.45, 7) is 7.39. The second-order valence-electron chi connectivity index (χ2n) is 10.3. The SMILES string of the molecule is C[C@]12CCC(=O)C=C1CC[C@@H]1[C@@H]2CC[C@]2(C)C(OC(=O)CN3CC3)CC[C@@H]12. The van der Waals surface area contributed by atoms with Crippen LogP contribution in [0.4, 0.5) is 0 Å². The van der Waals surface area contributed by atoms with Crippen LogP contribution in [0.2, 0.25) is 0 Å². The lowest BCUT2D eigenvalue weighted by atomic mass is 9.47. The van der Waals surface area contributed by atoms with Crippen LogP contribution in [0.5, 0.6) is 0 Å². The summed E-state index contributed by atoms with van der Waals surface area (Å²) >= 11 is 0. The van der Waals surface area contributed by atoms with Gasteiger partial charge in [0.15, 0.2) is 5.78 Å². The van der Waals surface area contributed by atoms with Crippen LogP contribution in [0.3, 0.4) is 0 Å². The Labute approximate surface area is 162 Å². The van der Waals surface area contributed by atoms with Gasteiger partial charge in [-0.3, -0.25) is 14.5 Å². The lowest BCUT2D eigenvalue weighted by Gasteiger charge is -2.57. The Morgan fingerprint density at radius 1 is 1.11 bits per heavy atom. The number of esters is 1. The zero-order valence-electron chi connectivity index (χ0n) is 16.8. The number of hydrogen-bond donors (Lipinski definition) is 0. The molecule has 5 aliphatic rings. The highest BCUT2D eigenvalue weighted by Crippen LogP contribution is 2.65. The van der Waals surface area contributed by atoms with Crippen molar-refractivity contribution in [3.8, 4) is 0 Å². The van der Waals surface area contributed by atoms with E-state index in [4.69, 9.17) is 4.74 Å². The lowest BCUT2D eigenvalue weighted by Crippen LogP contribution is -2.51. The maximum Gasteiger partial charge on any atom is 0.320 e. The van der Waals surface area contributed by atoms with E-state index in [0.717, 1.165) is 51.1 Å². The molecule has 4 aliphatic carbocycles. The van der Waals surface area contributed by atoms with Crippen LogP contribution in [0.1, 0.15) is 65.2 Å². The molecule has 0 radical (unpaired) electrons. The molecule has 4 nitrogen and oxygen atoms in total. The van der Waals surface area contributed by atoms with Crippen molar-refractivity contribution in [2.24, 2.45) is 28.6 Å². The molecule has 1 unspecified atom stereocenters. The first-order valence-electron chi connectivity index (χ1n) is 11.1. The predicted octanol–water partition coefficient (Wildman–Crippen LogP) is 3.75. The molecule has 148 valence electrons. The summed E-state index contributed by atoms with van der Waals surface area (Å²) < 4.78 is 6.02. The maximum absolute atomic E-state index is 12.3. The van der Waals surface area contributed by atoms with Crippen LogP contribution >= 0.6 is 0 Å². The zero-order valence-corrected chi connectivity index (χ0v) is 16.8. The average Bonchev–Trinajstić information content (AvgIpc) is 3.37. The van der Waals surface area contributed by atoms with Crippen molar-refractivity contribution < 1.29 is 14.3 Å². The molecule has 0 aromatic rings. The standard InChI is InChI=1S/C23H33NO3/c1-22-9-7-16(25)13-15(22)3-4-17-18-5-6-20(23(18,2)10-8-19(17)22)27-21(26)14-24-11-12-24/h13,17-20H,3-12,14H2,1-2H3/t17-,18-,19-,20?,22-,23-/m0/s1. The number of nitrogens with zero attached hydrogens (tertiary/aromatic N) is 1. The van der Waals surface area contributed by atoms with Gasteiger partial charge in [-0.05, 0) is 74.2 Å². The number of ether oxygens (including phenoxy) is 1. The van der Waals surface area contributed by atoms with E-state index in [1.54, 1.807) is 0 Å². The van der Waals surface area contributed by atoms with Gasteiger partial charge in [-0.2, -0.15) is 0 Å². The van der Waals surface area contributed by atoms with Crippen molar-refractivity contribution in [3.05, 3.63) is 11.6 Å².